The number of hydrogen-bond acceptors (Lipinski definition) is 5. The maximum Gasteiger partial charge on any atom is 0.366 e. The Kier molecular flexibility index (Phi) is 3.06. The van der Waals surface area contributed by atoms with Gasteiger partial charge < -0.3 is 5.21 Å². The minimum Gasteiger partial charge on any atom is -0.691 e. The highest BCUT2D eigenvalue weighted by Gasteiger charge is 2.25. The monoisotopic (exact) mass is 298 g/mol. The highest BCUT2D eigenvalue weighted by Crippen LogP contribution is 2.19. The van der Waals surface area contributed by atoms with E-state index in [-0.39, 0.29) is 21.6 Å². The first kappa shape index (κ1) is 13.7. The lowest BCUT2D eigenvalue weighted by Crippen LogP contribution is -2.31. The van der Waals surface area contributed by atoms with E-state index in [4.69, 9.17) is 0 Å². The Morgan fingerprint density at radius 3 is 2.68 bits per heavy atom. The van der Waals surface area contributed by atoms with Crippen molar-refractivity contribution < 1.29 is 14.6 Å². The number of rotatable bonds is 2. The second kappa shape index (κ2) is 4.92. The number of carbonyl (C=O) groups is 1. The number of benzene rings is 2. The van der Waals surface area contributed by atoms with Gasteiger partial charge in [0, 0.05) is 6.07 Å². The molecule has 8 nitrogen and oxygen atoms in total. The molecule has 0 bridgehead atoms. The van der Waals surface area contributed by atoms with E-state index in [0.717, 1.165) is 16.3 Å². The lowest BCUT2D eigenvalue weighted by Gasteiger charge is -1.99. The first-order chi connectivity index (χ1) is 10.5. The largest absolute Gasteiger partial charge is 0.691 e. The maximum absolute atomic E-state index is 12.5. The van der Waals surface area contributed by atoms with Gasteiger partial charge in [-0.1, -0.05) is 22.9 Å². The summed E-state index contributed by atoms with van der Waals surface area (Å²) in [6, 6.07) is 10.6. The van der Waals surface area contributed by atoms with Crippen molar-refractivity contribution in [3.8, 4) is 0 Å². The van der Waals surface area contributed by atoms with E-state index >= 15 is 0 Å². The molecular weight excluding hydrogens is 288 g/mol. The van der Waals surface area contributed by atoms with Crippen LogP contribution in [0.1, 0.15) is 15.9 Å². The van der Waals surface area contributed by atoms with Crippen LogP contribution in [-0.2, 0) is 0 Å². The standard InChI is InChI=1S/C14H10N4O4/c1-9-4-2-3-5-11(9)14(19)16-12-7-6-10(18(21)22)8-13(12)17(20)15-16/h2-8H,1H3. The molecule has 2 aromatic carbocycles. The van der Waals surface area contributed by atoms with Gasteiger partial charge in [0.15, 0.2) is 0 Å². The zero-order valence-electron chi connectivity index (χ0n) is 11.5. The van der Waals surface area contributed by atoms with Gasteiger partial charge in [-0.2, -0.15) is 0 Å². The van der Waals surface area contributed by atoms with Crippen molar-refractivity contribution in [3.63, 3.8) is 0 Å². The van der Waals surface area contributed by atoms with E-state index < -0.39 is 10.8 Å². The third-order valence-electron chi connectivity index (χ3n) is 3.34. The highest BCUT2D eigenvalue weighted by molar-refractivity contribution is 6.00. The van der Waals surface area contributed by atoms with Crippen molar-refractivity contribution in [3.05, 3.63) is 68.9 Å². The third-order valence-corrected chi connectivity index (χ3v) is 3.34. The molecule has 3 rings (SSSR count). The average Bonchev–Trinajstić information content (AvgIpc) is 2.84. The van der Waals surface area contributed by atoms with Crippen molar-refractivity contribution in [1.29, 1.82) is 0 Å². The first-order valence-electron chi connectivity index (χ1n) is 6.36. The molecule has 0 unspecified atom stereocenters. The zero-order valence-corrected chi connectivity index (χ0v) is 11.5. The first-order valence-corrected chi connectivity index (χ1v) is 6.36. The molecule has 1 heterocycles. The van der Waals surface area contributed by atoms with Crippen LogP contribution in [0.15, 0.2) is 42.5 Å². The van der Waals surface area contributed by atoms with Crippen LogP contribution in [0.25, 0.3) is 11.0 Å². The summed E-state index contributed by atoms with van der Waals surface area (Å²) in [4.78, 5) is 22.9. The molecule has 0 N–H and O–H groups in total. The summed E-state index contributed by atoms with van der Waals surface area (Å²) in [6.45, 7) is 1.77. The molecule has 0 spiro atoms. The summed E-state index contributed by atoms with van der Waals surface area (Å²) in [5.74, 6) is -0.466. The molecular formula is C14H10N4O4. The fourth-order valence-electron chi connectivity index (χ4n) is 2.21. The molecule has 0 aliphatic rings. The Labute approximate surface area is 123 Å². The number of nitro benzene ring substituents is 1. The highest BCUT2D eigenvalue weighted by atomic mass is 16.6. The second-order valence-corrected chi connectivity index (χ2v) is 4.72. The van der Waals surface area contributed by atoms with Crippen LogP contribution in [-0.4, -0.2) is 20.7 Å². The predicted molar refractivity (Wildman–Crippen MR) is 76.3 cm³/mol. The molecule has 0 fully saturated rings. The van der Waals surface area contributed by atoms with Crippen LogP contribution >= 0.6 is 0 Å². The van der Waals surface area contributed by atoms with Crippen LogP contribution in [0.5, 0.6) is 0 Å². The Morgan fingerprint density at radius 2 is 2.00 bits per heavy atom. The molecule has 3 aromatic rings. The van der Waals surface area contributed by atoms with Crippen molar-refractivity contribution >= 4 is 22.6 Å². The number of nitro groups is 1. The predicted octanol–water partition coefficient (Wildman–Crippen LogP) is 1.57. The Balaban J connectivity index is 2.18. The van der Waals surface area contributed by atoms with E-state index in [1.54, 1.807) is 31.2 Å². The average molecular weight is 298 g/mol. The third kappa shape index (κ3) is 2.06. The topological polar surface area (TPSA) is 105 Å². The lowest BCUT2D eigenvalue weighted by molar-refractivity contribution is -0.645. The van der Waals surface area contributed by atoms with Crippen molar-refractivity contribution in [1.82, 2.24) is 9.90 Å². The van der Waals surface area contributed by atoms with Gasteiger partial charge in [0.1, 0.15) is 5.21 Å². The SMILES string of the molecule is Cc1ccccc1C(=O)n1n[n+]([O-])c2cc([N+](=O)[O-])ccc21. The number of hydrogen-bond donors (Lipinski definition) is 0. The molecule has 0 aliphatic carbocycles. The van der Waals surface area contributed by atoms with Crippen LogP contribution in [0.4, 0.5) is 5.69 Å². The summed E-state index contributed by atoms with van der Waals surface area (Å²) >= 11 is 0. The normalized spacial score (nSPS) is 10.8. The Hall–Kier alpha value is -3.29. The number of nitrogens with zero attached hydrogens (tertiary/aromatic N) is 4. The summed E-state index contributed by atoms with van der Waals surface area (Å²) in [6.07, 6.45) is 0. The van der Waals surface area contributed by atoms with Gasteiger partial charge in [0.25, 0.3) is 5.69 Å². The van der Waals surface area contributed by atoms with Gasteiger partial charge in [-0.05, 0) is 24.6 Å². The summed E-state index contributed by atoms with van der Waals surface area (Å²) in [7, 11) is 0. The molecule has 22 heavy (non-hydrogen) atoms. The zero-order chi connectivity index (χ0) is 15.9. The molecule has 0 amide bonds. The fraction of sp³-hybridized carbons (Fsp3) is 0.0714. The Bertz CT molecular complexity index is 916. The molecule has 1 aromatic heterocycles. The van der Waals surface area contributed by atoms with E-state index in [1.165, 1.54) is 12.1 Å². The van der Waals surface area contributed by atoms with Crippen LogP contribution in [0, 0.1) is 22.2 Å². The van der Waals surface area contributed by atoms with Gasteiger partial charge in [0.05, 0.1) is 16.6 Å². The minimum atomic E-state index is -0.611. The van der Waals surface area contributed by atoms with Crippen LogP contribution in [0.2, 0.25) is 0 Å². The van der Waals surface area contributed by atoms with Gasteiger partial charge in [-0.15, -0.1) is 4.85 Å². The van der Waals surface area contributed by atoms with Crippen LogP contribution in [0.3, 0.4) is 0 Å². The Morgan fingerprint density at radius 1 is 1.27 bits per heavy atom. The number of carbonyl (C=O) groups excluding carboxylic acids is 1. The van der Waals surface area contributed by atoms with Gasteiger partial charge in [-0.3, -0.25) is 10.1 Å². The molecule has 0 atom stereocenters. The summed E-state index contributed by atoms with van der Waals surface area (Å²) in [5, 5.41) is 26.2. The smallest absolute Gasteiger partial charge is 0.366 e. The molecule has 0 radical (unpaired) electrons. The van der Waals surface area contributed by atoms with Crippen molar-refractivity contribution in [2.75, 3.05) is 0 Å². The van der Waals surface area contributed by atoms with E-state index in [0.29, 0.717) is 5.56 Å². The molecule has 8 heteroatoms. The van der Waals surface area contributed by atoms with E-state index in [1.807, 2.05) is 0 Å². The summed E-state index contributed by atoms with van der Waals surface area (Å²) in [5.41, 5.74) is 1.10. The van der Waals surface area contributed by atoms with Gasteiger partial charge >= 0.3 is 5.91 Å². The number of non-ortho nitro benzene ring substituents is 1. The quantitative estimate of drug-likeness (QED) is 0.309. The number of aromatic nitrogens is 3. The van der Waals surface area contributed by atoms with E-state index in [2.05, 4.69) is 5.21 Å². The minimum absolute atomic E-state index is 0.0314. The summed E-state index contributed by atoms with van der Waals surface area (Å²) < 4.78 is 0.953. The molecule has 0 saturated carbocycles. The van der Waals surface area contributed by atoms with Gasteiger partial charge in [0.2, 0.25) is 11.0 Å². The van der Waals surface area contributed by atoms with E-state index in [9.17, 15) is 20.1 Å². The van der Waals surface area contributed by atoms with Crippen LogP contribution < -0.4 is 4.85 Å². The lowest BCUT2D eigenvalue weighted by atomic mass is 10.1. The number of aryl methyl sites for hydroxylation is 1. The molecule has 0 aliphatic heterocycles. The van der Waals surface area contributed by atoms with Crippen molar-refractivity contribution in [2.24, 2.45) is 0 Å². The second-order valence-electron chi connectivity index (χ2n) is 4.72. The van der Waals surface area contributed by atoms with Crippen molar-refractivity contribution in [2.45, 2.75) is 6.92 Å². The fourth-order valence-corrected chi connectivity index (χ4v) is 2.21. The number of fused-ring (bicyclic) bond motifs is 1. The maximum atomic E-state index is 12.5. The molecule has 0 saturated heterocycles. The molecule has 110 valence electrons. The van der Waals surface area contributed by atoms with Gasteiger partial charge in [-0.25, -0.2) is 4.79 Å².